The molecule has 0 bridgehead atoms. The summed E-state index contributed by atoms with van der Waals surface area (Å²) in [6.45, 7) is 5.25. The SMILES string of the molecule is CSCC[C@H](NC(=O)[C@H](C)NC(=O)[C@@H]1CCCN1C(=O)CNC(=O)[C@H](CO)NC(=O)[C@H](C)NC(=O)[C@H](Cc1ccc(O)cc1)NC(=O)[C@@H]1CCCN1C(=O)[C@H](CC(=O)O)NC(=O)[C@H](CCCCN)NC(=O)[C@@H](NC(=O)[C@H](C)NC(=O)[C@H](Cc1c[nH]c2ccccc12)NC(=O)[C@H](Cc1ccc(O)cc1)NC(=O)[C@@H](NC(=O)[C@@H](N)CS)[C@@H](C)O)C(C)C)C(=O)N[C@@H](CC(N)=O)C(=O)NCC(=O)O. The molecule has 2 fully saturated rings. The van der Waals surface area contributed by atoms with Crippen LogP contribution in [0, 0.1) is 5.92 Å². The first kappa shape index (κ1) is 110. The van der Waals surface area contributed by atoms with Crippen LogP contribution in [0.25, 0.3) is 10.9 Å². The van der Waals surface area contributed by atoms with Gasteiger partial charge in [0.1, 0.15) is 109 Å². The van der Waals surface area contributed by atoms with Gasteiger partial charge in [-0.3, -0.25) is 95.9 Å². The molecule has 3 aromatic carbocycles. The van der Waals surface area contributed by atoms with E-state index >= 15 is 0 Å². The number of nitrogens with two attached hydrogens (primary N) is 3. The number of phenols is 2. The second kappa shape index (κ2) is 54.2. The van der Waals surface area contributed by atoms with Gasteiger partial charge in [0.15, 0.2) is 0 Å². The van der Waals surface area contributed by atoms with E-state index in [9.17, 15) is 121 Å². The number of H-pyrrole nitrogens is 1. The molecule has 47 nitrogen and oxygen atoms in total. The van der Waals surface area contributed by atoms with Gasteiger partial charge >= 0.3 is 11.9 Å². The summed E-state index contributed by atoms with van der Waals surface area (Å²) in [7, 11) is 0. The molecule has 17 atom stereocenters. The van der Waals surface area contributed by atoms with Gasteiger partial charge in [0.05, 0.1) is 38.1 Å². The van der Waals surface area contributed by atoms with Crippen LogP contribution in [0.2, 0.25) is 0 Å². The Bertz CT molecular complexity index is 4870. The van der Waals surface area contributed by atoms with E-state index in [2.05, 4.69) is 92.0 Å². The number of fused-ring (bicyclic) bond motifs is 1. The van der Waals surface area contributed by atoms with E-state index in [-0.39, 0.29) is 101 Å². The monoisotopic (exact) mass is 1930 g/mol. The Morgan fingerprint density at radius 3 is 1.47 bits per heavy atom. The molecule has 28 N–H and O–H groups in total. The summed E-state index contributed by atoms with van der Waals surface area (Å²) in [4.78, 5) is 278. The van der Waals surface area contributed by atoms with Gasteiger partial charge in [-0.05, 0) is 151 Å². The van der Waals surface area contributed by atoms with Gasteiger partial charge in [-0.1, -0.05) is 56.3 Å². The summed E-state index contributed by atoms with van der Waals surface area (Å²) in [6, 6.07) is -6.37. The van der Waals surface area contributed by atoms with Crippen molar-refractivity contribution < 1.29 is 127 Å². The van der Waals surface area contributed by atoms with E-state index in [1.54, 1.807) is 50.6 Å². The highest BCUT2D eigenvalue weighted by Gasteiger charge is 2.44. The number of benzene rings is 3. The van der Waals surface area contributed by atoms with Gasteiger partial charge in [0, 0.05) is 55.2 Å². The topological polar surface area (TPSA) is 744 Å². The number of nitrogens with zero attached hydrogens (tertiary/aromatic N) is 2. The number of carboxylic acids is 2. The zero-order chi connectivity index (χ0) is 100. The fraction of sp³-hybridized carbons (Fsp3) is 0.535. The number of amides is 18. The molecule has 2 saturated heterocycles. The molecule has 3 heterocycles. The van der Waals surface area contributed by atoms with Crippen LogP contribution >= 0.6 is 24.4 Å². The number of aliphatic hydroxyl groups excluding tert-OH is 2. The van der Waals surface area contributed by atoms with Crippen LogP contribution in [0.3, 0.4) is 0 Å². The van der Waals surface area contributed by atoms with Crippen molar-refractivity contribution in [2.24, 2.45) is 23.1 Å². The molecular weight excluding hydrogens is 1810 g/mol. The quantitative estimate of drug-likeness (QED) is 0.0144. The van der Waals surface area contributed by atoms with Crippen LogP contribution in [0.5, 0.6) is 11.5 Å². The summed E-state index contributed by atoms with van der Waals surface area (Å²) >= 11 is 5.32. The molecule has 4 aromatic rings. The van der Waals surface area contributed by atoms with E-state index in [4.69, 9.17) is 22.3 Å². The predicted octanol–water partition coefficient (Wildman–Crippen LogP) is -7.21. The highest BCUT2D eigenvalue weighted by atomic mass is 32.2. The summed E-state index contributed by atoms with van der Waals surface area (Å²) < 4.78 is 0. The van der Waals surface area contributed by atoms with Gasteiger partial charge in [0.25, 0.3) is 0 Å². The number of likely N-dealkylation sites (tertiary alicyclic amines) is 2. The number of aromatic amines is 1. The predicted molar refractivity (Wildman–Crippen MR) is 488 cm³/mol. The summed E-state index contributed by atoms with van der Waals surface area (Å²) in [6.07, 6.45) is -0.188. The molecular formula is C86H123N21O26S2. The molecule has 0 saturated carbocycles. The van der Waals surface area contributed by atoms with Crippen molar-refractivity contribution in [3.8, 4) is 11.5 Å². The molecule has 135 heavy (non-hydrogen) atoms. The number of rotatable bonds is 54. The van der Waals surface area contributed by atoms with Crippen LogP contribution in [0.4, 0.5) is 0 Å². The number of aliphatic carboxylic acids is 2. The van der Waals surface area contributed by atoms with E-state index < -0.39 is 259 Å². The molecule has 49 heteroatoms. The number of aliphatic hydroxyl groups is 2. The number of phenolic OH excluding ortho intramolecular Hbond substituents is 2. The van der Waals surface area contributed by atoms with Gasteiger partial charge in [-0.25, -0.2) is 0 Å². The second-order valence-corrected chi connectivity index (χ2v) is 34.4. The van der Waals surface area contributed by atoms with Crippen molar-refractivity contribution in [3.05, 3.63) is 95.7 Å². The molecule has 6 rings (SSSR count). The number of primary amides is 1. The molecule has 0 unspecified atom stereocenters. The third-order valence-electron chi connectivity index (χ3n) is 22.1. The first-order valence-electron chi connectivity index (χ1n) is 43.7. The number of carboxylic acid groups (broad SMARTS) is 2. The molecule has 0 spiro atoms. The zero-order valence-electron chi connectivity index (χ0n) is 75.6. The normalized spacial score (nSPS) is 16.8. The number of carbonyl (C=O) groups excluding carboxylic acids is 18. The third-order valence-corrected chi connectivity index (χ3v) is 23.1. The molecule has 1 aromatic heterocycles. The average molecular weight is 1930 g/mol. The fourth-order valence-corrected chi connectivity index (χ4v) is 15.2. The molecule has 0 aliphatic carbocycles. The first-order chi connectivity index (χ1) is 63.9. The number of hydrogen-bond donors (Lipinski definition) is 26. The van der Waals surface area contributed by atoms with Gasteiger partial charge < -0.3 is 142 Å². The van der Waals surface area contributed by atoms with Crippen molar-refractivity contribution in [3.63, 3.8) is 0 Å². The Morgan fingerprint density at radius 1 is 0.481 bits per heavy atom. The molecule has 2 aliphatic heterocycles. The van der Waals surface area contributed by atoms with Crippen LogP contribution in [0.1, 0.15) is 122 Å². The number of nitrogens with one attached hydrogen (secondary N) is 16. The maximum absolute atomic E-state index is 14.8. The Hall–Kier alpha value is -13.3. The average Bonchev–Trinajstić information content (AvgIpc) is 1.73. The number of hydrogen-bond acceptors (Lipinski definition) is 28. The van der Waals surface area contributed by atoms with E-state index in [0.717, 1.165) is 9.80 Å². The Kier molecular flexibility index (Phi) is 44.3. The first-order valence-corrected chi connectivity index (χ1v) is 45.7. The van der Waals surface area contributed by atoms with Crippen molar-refractivity contribution in [2.45, 2.75) is 228 Å². The summed E-state index contributed by atoms with van der Waals surface area (Å²) in [5.41, 5.74) is 18.8. The largest absolute Gasteiger partial charge is 0.508 e. The Labute approximate surface area is 786 Å². The number of aromatic nitrogens is 1. The lowest BCUT2D eigenvalue weighted by atomic mass is 10.0. The van der Waals surface area contributed by atoms with Crippen LogP contribution in [0.15, 0.2) is 79.0 Å². The maximum Gasteiger partial charge on any atom is 0.322 e. The molecule has 740 valence electrons. The molecule has 2 aliphatic rings. The highest BCUT2D eigenvalue weighted by Crippen LogP contribution is 2.25. The maximum atomic E-state index is 14.8. The minimum Gasteiger partial charge on any atom is -0.508 e. The summed E-state index contributed by atoms with van der Waals surface area (Å²) in [5.74, 6) is -21.5. The van der Waals surface area contributed by atoms with Crippen molar-refractivity contribution in [1.82, 2.24) is 94.5 Å². The lowest BCUT2D eigenvalue weighted by Gasteiger charge is -2.31. The lowest BCUT2D eigenvalue weighted by Crippen LogP contribution is -2.62. The minimum absolute atomic E-state index is 0.00282. The van der Waals surface area contributed by atoms with E-state index in [1.165, 1.54) is 88.0 Å². The van der Waals surface area contributed by atoms with E-state index in [1.807, 2.05) is 5.32 Å². The van der Waals surface area contributed by atoms with Crippen LogP contribution < -0.4 is 97.0 Å². The highest BCUT2D eigenvalue weighted by molar-refractivity contribution is 7.98. The van der Waals surface area contributed by atoms with Crippen molar-refractivity contribution in [1.29, 1.82) is 0 Å². The number of aromatic hydroxyl groups is 2. The Morgan fingerprint density at radius 2 is 0.933 bits per heavy atom. The van der Waals surface area contributed by atoms with Gasteiger partial charge in [-0.2, -0.15) is 24.4 Å². The fourth-order valence-electron chi connectivity index (χ4n) is 14.5. The third kappa shape index (κ3) is 34.6. The zero-order valence-corrected chi connectivity index (χ0v) is 77.3. The van der Waals surface area contributed by atoms with Crippen LogP contribution in [-0.4, -0.2) is 324 Å². The number of para-hydroxylation sites is 1. The number of carbonyl (C=O) groups is 20. The number of thioether (sulfide) groups is 1. The summed E-state index contributed by atoms with van der Waals surface area (Å²) in [5, 5.41) is 97.8. The van der Waals surface area contributed by atoms with Gasteiger partial charge in [0.2, 0.25) is 106 Å². The number of thiol groups is 1. The van der Waals surface area contributed by atoms with E-state index in [0.29, 0.717) is 39.8 Å². The molecule has 18 amide bonds. The van der Waals surface area contributed by atoms with Crippen LogP contribution in [-0.2, 0) is 115 Å². The molecule has 0 radical (unpaired) electrons. The van der Waals surface area contributed by atoms with Crippen molar-refractivity contribution >= 4 is 154 Å². The smallest absolute Gasteiger partial charge is 0.322 e. The standard InChI is InChI=1S/C86H123N21O26S2/c1-42(2)69(104-73(120)45(5)94-80(127)59(34-49-37-90-54-15-9-8-14-52(49)54)98-81(128)58(33-48-21-25-51(111)26-22-48)101-85(132)70(46(6)109)105-74(121)53(88)41-134)84(131)97-55(16-10-11-28-87)77(124)102-61(36-67(114)115)86(133)107-30-13-18-64(107)83(130)100-57(32-47-19-23-50(110)24-20-47)79(126)93-43(3)72(119)103-62(40-108)76(123)91-38-66(113)106-29-12-17-63(106)82(129)95-44(4)71(118)96-56(27-31-135-7)78(125)99-60(35-65(89)112)75(122)92-39-68(116)117/h8-9,14-15,19-26,37,42-46,53,55-64,69-70,90,108-111,134H,10-13,16-18,27-36,38-41,87-88H2,1-7H3,(H2,89,112)(H,91,123)(H,92,122)(H,93,126)(H,94,127)(H,95,129)(H,96,118)(H,97,131)(H,98,128)(H,99,125)(H,100,130)(H,101,132)(H,102,124)(H,103,119)(H,104,120)(H,105,121)(H,114,115)(H,116,117)/t43-,44-,45-,46+,53-,55-,56-,57-,58-,59-,60-,61-,62-,63-,64-,69-,70-/m0/s1. The lowest BCUT2D eigenvalue weighted by molar-refractivity contribution is -0.146. The van der Waals surface area contributed by atoms with Gasteiger partial charge in [-0.15, -0.1) is 0 Å². The second-order valence-electron chi connectivity index (χ2n) is 33.0. The van der Waals surface area contributed by atoms with Crippen molar-refractivity contribution in [2.75, 3.05) is 57.1 Å². The minimum atomic E-state index is -1.93. The Balaban J connectivity index is 1.10. The number of unbranched alkanes of at least 4 members (excludes halogenated alkanes) is 1.